The lowest BCUT2D eigenvalue weighted by Gasteiger charge is -2.23. The van der Waals surface area contributed by atoms with Crippen molar-refractivity contribution in [2.24, 2.45) is 0 Å². The molecule has 2 atom stereocenters. The number of sulfonamides is 1. The first-order valence-electron chi connectivity index (χ1n) is 9.60. The van der Waals surface area contributed by atoms with Gasteiger partial charge in [-0.15, -0.1) is 0 Å². The van der Waals surface area contributed by atoms with Crippen molar-refractivity contribution in [1.29, 1.82) is 0 Å². The topological polar surface area (TPSA) is 96.0 Å². The summed E-state index contributed by atoms with van der Waals surface area (Å²) in [6.45, 7) is 3.12. The predicted octanol–water partition coefficient (Wildman–Crippen LogP) is 0.344. The lowest BCUT2D eigenvalue weighted by Crippen LogP contribution is -2.44. The highest BCUT2D eigenvalue weighted by molar-refractivity contribution is 7.89. The average molecular weight is 410 g/mol. The Morgan fingerprint density at radius 3 is 2.75 bits per heavy atom. The van der Waals surface area contributed by atoms with Crippen LogP contribution in [-0.4, -0.2) is 73.5 Å². The molecule has 2 aliphatic rings. The molecule has 0 aliphatic carbocycles. The van der Waals surface area contributed by atoms with Gasteiger partial charge in [0.2, 0.25) is 15.9 Å². The molecule has 8 nitrogen and oxygen atoms in total. The molecule has 1 aromatic rings. The lowest BCUT2D eigenvalue weighted by molar-refractivity contribution is -0.131. The normalized spacial score (nSPS) is 24.6. The second-order valence-corrected chi connectivity index (χ2v) is 9.23. The molecule has 0 spiro atoms. The Balaban J connectivity index is 1.52. The number of carbonyl (C=O) groups is 2. The molecule has 2 fully saturated rings. The lowest BCUT2D eigenvalue weighted by atomic mass is 10.1. The van der Waals surface area contributed by atoms with Crippen LogP contribution in [0.25, 0.3) is 0 Å². The molecule has 154 valence electrons. The Labute approximate surface area is 165 Å². The van der Waals surface area contributed by atoms with E-state index in [1.54, 1.807) is 0 Å². The van der Waals surface area contributed by atoms with Crippen molar-refractivity contribution in [2.45, 2.75) is 38.5 Å². The third kappa shape index (κ3) is 4.89. The second-order valence-electron chi connectivity index (χ2n) is 7.22. The van der Waals surface area contributed by atoms with Gasteiger partial charge in [0.15, 0.2) is 0 Å². The SMILES string of the molecule is CCCN1C(=O)C2CC(NC(=O)COCc3ccccc3)CN2CCS1(=O)=O. The number of hydrogen-bond acceptors (Lipinski definition) is 6. The van der Waals surface area contributed by atoms with E-state index in [0.29, 0.717) is 32.5 Å². The van der Waals surface area contributed by atoms with Crippen LogP contribution in [0, 0.1) is 0 Å². The van der Waals surface area contributed by atoms with Crippen LogP contribution >= 0.6 is 0 Å². The molecule has 0 bridgehead atoms. The van der Waals surface area contributed by atoms with Crippen molar-refractivity contribution in [2.75, 3.05) is 32.0 Å². The van der Waals surface area contributed by atoms with Gasteiger partial charge in [-0.1, -0.05) is 37.3 Å². The fourth-order valence-corrected chi connectivity index (χ4v) is 5.26. The second kappa shape index (κ2) is 9.02. The summed E-state index contributed by atoms with van der Waals surface area (Å²) in [6.07, 6.45) is 0.996. The fourth-order valence-electron chi connectivity index (χ4n) is 3.72. The molecule has 0 radical (unpaired) electrons. The number of amides is 2. The van der Waals surface area contributed by atoms with Gasteiger partial charge >= 0.3 is 0 Å². The van der Waals surface area contributed by atoms with Crippen LogP contribution in [0.4, 0.5) is 0 Å². The summed E-state index contributed by atoms with van der Waals surface area (Å²) in [5.74, 6) is -0.684. The van der Waals surface area contributed by atoms with Crippen molar-refractivity contribution >= 4 is 21.8 Å². The molecule has 1 aromatic carbocycles. The highest BCUT2D eigenvalue weighted by Crippen LogP contribution is 2.24. The van der Waals surface area contributed by atoms with Gasteiger partial charge in [0, 0.05) is 25.7 Å². The molecule has 2 heterocycles. The van der Waals surface area contributed by atoms with Gasteiger partial charge in [0.05, 0.1) is 18.4 Å². The molecule has 0 aromatic heterocycles. The summed E-state index contributed by atoms with van der Waals surface area (Å²) in [5.41, 5.74) is 0.993. The molecule has 1 N–H and O–H groups in total. The largest absolute Gasteiger partial charge is 0.367 e. The van der Waals surface area contributed by atoms with Crippen LogP contribution in [0.15, 0.2) is 30.3 Å². The third-order valence-corrected chi connectivity index (χ3v) is 6.78. The van der Waals surface area contributed by atoms with Gasteiger partial charge in [-0.3, -0.25) is 14.5 Å². The molecule has 28 heavy (non-hydrogen) atoms. The standard InChI is InChI=1S/C19H27N3O5S/c1-2-8-22-19(24)17-11-16(12-21(17)9-10-28(22,25)26)20-18(23)14-27-13-15-6-4-3-5-7-15/h3-7,16-17H,2,8-14H2,1H3,(H,20,23). The summed E-state index contributed by atoms with van der Waals surface area (Å²) in [4.78, 5) is 26.8. The van der Waals surface area contributed by atoms with E-state index in [2.05, 4.69) is 5.32 Å². The number of nitrogens with zero attached hydrogens (tertiary/aromatic N) is 2. The molecule has 2 saturated heterocycles. The summed E-state index contributed by atoms with van der Waals surface area (Å²) < 4.78 is 31.1. The quantitative estimate of drug-likeness (QED) is 0.698. The zero-order valence-corrected chi connectivity index (χ0v) is 16.9. The van der Waals surface area contributed by atoms with E-state index in [4.69, 9.17) is 4.74 Å². The zero-order chi connectivity index (χ0) is 20.1. The first-order chi connectivity index (χ1) is 13.4. The zero-order valence-electron chi connectivity index (χ0n) is 16.0. The average Bonchev–Trinajstić information content (AvgIpc) is 3.04. The summed E-state index contributed by atoms with van der Waals surface area (Å²) >= 11 is 0. The fraction of sp³-hybridized carbons (Fsp3) is 0.579. The van der Waals surface area contributed by atoms with Gasteiger partial charge in [0.25, 0.3) is 5.91 Å². The van der Waals surface area contributed by atoms with Gasteiger partial charge in [-0.25, -0.2) is 12.7 Å². The van der Waals surface area contributed by atoms with E-state index < -0.39 is 16.1 Å². The Bertz CT molecular complexity index is 799. The number of carbonyl (C=O) groups excluding carboxylic acids is 2. The highest BCUT2D eigenvalue weighted by atomic mass is 32.2. The minimum absolute atomic E-state index is 0.0552. The first kappa shape index (κ1) is 20.8. The van der Waals surface area contributed by atoms with Crippen LogP contribution in [0.2, 0.25) is 0 Å². The number of rotatable bonds is 7. The van der Waals surface area contributed by atoms with Crippen molar-refractivity contribution < 1.29 is 22.7 Å². The van der Waals surface area contributed by atoms with Crippen LogP contribution in [-0.2, 0) is 31.0 Å². The van der Waals surface area contributed by atoms with E-state index in [1.165, 1.54) is 0 Å². The summed E-state index contributed by atoms with van der Waals surface area (Å²) in [7, 11) is -3.56. The minimum atomic E-state index is -3.56. The van der Waals surface area contributed by atoms with Gasteiger partial charge < -0.3 is 10.1 Å². The molecule has 3 rings (SSSR count). The monoisotopic (exact) mass is 409 g/mol. The summed E-state index contributed by atoms with van der Waals surface area (Å²) in [6, 6.07) is 8.91. The van der Waals surface area contributed by atoms with Crippen molar-refractivity contribution in [1.82, 2.24) is 14.5 Å². The van der Waals surface area contributed by atoms with Gasteiger partial charge in [0.1, 0.15) is 6.61 Å². The smallest absolute Gasteiger partial charge is 0.253 e. The molecular formula is C19H27N3O5S. The molecule has 2 aliphatic heterocycles. The minimum Gasteiger partial charge on any atom is -0.367 e. The van der Waals surface area contributed by atoms with Crippen LogP contribution < -0.4 is 5.32 Å². The molecule has 9 heteroatoms. The Morgan fingerprint density at radius 1 is 1.29 bits per heavy atom. The maximum Gasteiger partial charge on any atom is 0.253 e. The number of hydrogen-bond donors (Lipinski definition) is 1. The molecular weight excluding hydrogens is 382 g/mol. The Morgan fingerprint density at radius 2 is 2.04 bits per heavy atom. The van der Waals surface area contributed by atoms with Crippen molar-refractivity contribution in [3.05, 3.63) is 35.9 Å². The Hall–Kier alpha value is -1.97. The van der Waals surface area contributed by atoms with Crippen LogP contribution in [0.5, 0.6) is 0 Å². The van der Waals surface area contributed by atoms with E-state index in [9.17, 15) is 18.0 Å². The number of ether oxygens (including phenoxy) is 1. The third-order valence-electron chi connectivity index (χ3n) is 5.04. The maximum atomic E-state index is 12.8. The van der Waals surface area contributed by atoms with Crippen molar-refractivity contribution in [3.63, 3.8) is 0 Å². The maximum absolute atomic E-state index is 12.8. The molecule has 2 unspecified atom stereocenters. The first-order valence-corrected chi connectivity index (χ1v) is 11.2. The van der Waals surface area contributed by atoms with E-state index in [0.717, 1.165) is 9.87 Å². The molecule has 0 saturated carbocycles. The van der Waals surface area contributed by atoms with E-state index >= 15 is 0 Å². The molecule has 2 amide bonds. The number of fused-ring (bicyclic) bond motifs is 1. The summed E-state index contributed by atoms with van der Waals surface area (Å²) in [5, 5.41) is 2.90. The highest BCUT2D eigenvalue weighted by Gasteiger charge is 2.44. The Kier molecular flexibility index (Phi) is 6.69. The van der Waals surface area contributed by atoms with Crippen LogP contribution in [0.1, 0.15) is 25.3 Å². The van der Waals surface area contributed by atoms with Crippen molar-refractivity contribution in [3.8, 4) is 0 Å². The number of nitrogens with one attached hydrogen (secondary N) is 1. The van der Waals surface area contributed by atoms with Gasteiger partial charge in [-0.05, 0) is 18.4 Å². The van der Waals surface area contributed by atoms with E-state index in [-0.39, 0.29) is 36.8 Å². The van der Waals surface area contributed by atoms with E-state index in [1.807, 2.05) is 42.2 Å². The number of benzene rings is 1. The van der Waals surface area contributed by atoms with Crippen LogP contribution in [0.3, 0.4) is 0 Å². The predicted molar refractivity (Wildman–Crippen MR) is 104 cm³/mol. The van der Waals surface area contributed by atoms with Gasteiger partial charge in [-0.2, -0.15) is 0 Å².